The Kier molecular flexibility index (Phi) is 2.48. The summed E-state index contributed by atoms with van der Waals surface area (Å²) >= 11 is 0. The second-order valence-corrected chi connectivity index (χ2v) is 3.50. The molecule has 2 bridgehead atoms. The molecule has 2 aliphatic rings. The minimum absolute atomic E-state index is 0.295. The number of esters is 2. The van der Waals surface area contributed by atoms with Crippen LogP contribution in [-0.2, 0) is 23.8 Å². The molecule has 0 aliphatic carbocycles. The third-order valence-corrected chi connectivity index (χ3v) is 2.76. The van der Waals surface area contributed by atoms with Crippen LogP contribution in [0.5, 0.6) is 0 Å². The van der Waals surface area contributed by atoms with Gasteiger partial charge in [0.15, 0.2) is 0 Å². The van der Waals surface area contributed by atoms with Crippen LogP contribution >= 0.6 is 0 Å². The summed E-state index contributed by atoms with van der Waals surface area (Å²) in [5.74, 6) is -0.995. The number of carbonyl (C=O) groups excluding carboxylic acids is 2. The van der Waals surface area contributed by atoms with E-state index in [0.717, 1.165) is 12.8 Å². The van der Waals surface area contributed by atoms with Gasteiger partial charge in [-0.05, 0) is 12.8 Å². The van der Waals surface area contributed by atoms with E-state index in [0.29, 0.717) is 11.1 Å². The number of methoxy groups -OCH3 is 2. The average molecular weight is 212 g/mol. The lowest BCUT2D eigenvalue weighted by molar-refractivity contribution is -0.139. The largest absolute Gasteiger partial charge is 0.466 e. The minimum Gasteiger partial charge on any atom is -0.466 e. The fourth-order valence-corrected chi connectivity index (χ4v) is 2.11. The molecule has 0 saturated carbocycles. The molecule has 2 heterocycles. The highest BCUT2D eigenvalue weighted by Crippen LogP contribution is 2.40. The topological polar surface area (TPSA) is 61.8 Å². The highest BCUT2D eigenvalue weighted by Gasteiger charge is 2.46. The molecule has 2 rings (SSSR count). The van der Waals surface area contributed by atoms with Crippen molar-refractivity contribution in [2.75, 3.05) is 14.2 Å². The summed E-state index contributed by atoms with van der Waals surface area (Å²) in [6, 6.07) is 0. The van der Waals surface area contributed by atoms with Gasteiger partial charge in [0.1, 0.15) is 0 Å². The molecule has 2 atom stereocenters. The van der Waals surface area contributed by atoms with Gasteiger partial charge in [-0.15, -0.1) is 0 Å². The Morgan fingerprint density at radius 3 is 1.80 bits per heavy atom. The number of ether oxygens (including phenoxy) is 3. The van der Waals surface area contributed by atoms with E-state index >= 15 is 0 Å². The van der Waals surface area contributed by atoms with E-state index in [1.807, 2.05) is 0 Å². The first-order chi connectivity index (χ1) is 7.19. The van der Waals surface area contributed by atoms with Crippen molar-refractivity contribution >= 4 is 11.9 Å². The highest BCUT2D eigenvalue weighted by molar-refractivity contribution is 6.03. The Bertz CT molecular complexity index is 312. The molecule has 0 unspecified atom stereocenters. The van der Waals surface area contributed by atoms with Gasteiger partial charge < -0.3 is 14.2 Å². The molecule has 15 heavy (non-hydrogen) atoms. The smallest absolute Gasteiger partial charge is 0.337 e. The van der Waals surface area contributed by atoms with Crippen molar-refractivity contribution in [3.05, 3.63) is 11.1 Å². The van der Waals surface area contributed by atoms with Crippen LogP contribution in [0.1, 0.15) is 12.8 Å². The van der Waals surface area contributed by atoms with Gasteiger partial charge in [0.2, 0.25) is 0 Å². The van der Waals surface area contributed by atoms with Crippen LogP contribution < -0.4 is 0 Å². The molecular weight excluding hydrogens is 200 g/mol. The zero-order valence-electron chi connectivity index (χ0n) is 8.61. The summed E-state index contributed by atoms with van der Waals surface area (Å²) < 4.78 is 14.7. The average Bonchev–Trinajstić information content (AvgIpc) is 2.86. The van der Waals surface area contributed by atoms with Gasteiger partial charge in [0, 0.05) is 0 Å². The van der Waals surface area contributed by atoms with Gasteiger partial charge >= 0.3 is 11.9 Å². The number of hydrogen-bond donors (Lipinski definition) is 0. The van der Waals surface area contributed by atoms with Crippen LogP contribution in [0.3, 0.4) is 0 Å². The molecule has 0 aromatic carbocycles. The maximum Gasteiger partial charge on any atom is 0.337 e. The number of fused-ring (bicyclic) bond motifs is 2. The van der Waals surface area contributed by atoms with Crippen molar-refractivity contribution in [2.45, 2.75) is 25.0 Å². The lowest BCUT2D eigenvalue weighted by Gasteiger charge is -2.12. The molecular formula is C10H12O5. The predicted octanol–water partition coefficient (Wildman–Crippen LogP) is 0.190. The number of carbonyl (C=O) groups is 2. The second kappa shape index (κ2) is 3.66. The Labute approximate surface area is 87.0 Å². The van der Waals surface area contributed by atoms with E-state index < -0.39 is 11.9 Å². The maximum atomic E-state index is 11.5. The quantitative estimate of drug-likeness (QED) is 0.611. The van der Waals surface area contributed by atoms with Crippen molar-refractivity contribution in [2.24, 2.45) is 0 Å². The molecule has 2 aliphatic heterocycles. The lowest BCUT2D eigenvalue weighted by atomic mass is 9.92. The van der Waals surface area contributed by atoms with Gasteiger partial charge in [0.25, 0.3) is 0 Å². The van der Waals surface area contributed by atoms with Crippen LogP contribution in [0.4, 0.5) is 0 Å². The molecule has 82 valence electrons. The van der Waals surface area contributed by atoms with Crippen molar-refractivity contribution in [3.63, 3.8) is 0 Å². The Morgan fingerprint density at radius 2 is 1.47 bits per heavy atom. The van der Waals surface area contributed by atoms with Crippen molar-refractivity contribution in [3.8, 4) is 0 Å². The number of rotatable bonds is 2. The third-order valence-electron chi connectivity index (χ3n) is 2.76. The van der Waals surface area contributed by atoms with E-state index in [-0.39, 0.29) is 12.2 Å². The van der Waals surface area contributed by atoms with Crippen LogP contribution in [0.25, 0.3) is 0 Å². The molecule has 0 radical (unpaired) electrons. The van der Waals surface area contributed by atoms with Gasteiger partial charge in [-0.2, -0.15) is 0 Å². The Hall–Kier alpha value is -1.36. The molecule has 0 spiro atoms. The Morgan fingerprint density at radius 1 is 1.07 bits per heavy atom. The van der Waals surface area contributed by atoms with Crippen LogP contribution in [-0.4, -0.2) is 38.4 Å². The lowest BCUT2D eigenvalue weighted by Crippen LogP contribution is -2.23. The highest BCUT2D eigenvalue weighted by atomic mass is 16.5. The summed E-state index contributed by atoms with van der Waals surface area (Å²) in [4.78, 5) is 22.9. The molecule has 0 amide bonds. The molecule has 0 N–H and O–H groups in total. The molecule has 5 nitrogen and oxygen atoms in total. The first-order valence-corrected chi connectivity index (χ1v) is 4.75. The fraction of sp³-hybridized carbons (Fsp3) is 0.600. The van der Waals surface area contributed by atoms with Crippen LogP contribution in [0.2, 0.25) is 0 Å². The van der Waals surface area contributed by atoms with E-state index in [4.69, 9.17) is 4.74 Å². The van der Waals surface area contributed by atoms with Gasteiger partial charge in [-0.3, -0.25) is 0 Å². The van der Waals surface area contributed by atoms with Crippen molar-refractivity contribution < 1.29 is 23.8 Å². The molecule has 0 aromatic heterocycles. The zero-order chi connectivity index (χ0) is 11.0. The zero-order valence-corrected chi connectivity index (χ0v) is 8.61. The molecule has 0 aromatic rings. The summed E-state index contributed by atoms with van der Waals surface area (Å²) in [6.07, 6.45) is 0.929. The molecule has 5 heteroatoms. The number of hydrogen-bond acceptors (Lipinski definition) is 5. The monoisotopic (exact) mass is 212 g/mol. The third kappa shape index (κ3) is 1.43. The first kappa shape index (κ1) is 10.2. The molecule has 1 saturated heterocycles. The SMILES string of the molecule is COC(=O)C1=C(C(=O)OC)[C@H]2CC[C@H]1O2. The van der Waals surface area contributed by atoms with Gasteiger partial charge in [-0.1, -0.05) is 0 Å². The minimum atomic E-state index is -0.498. The normalized spacial score (nSPS) is 28.1. The summed E-state index contributed by atoms with van der Waals surface area (Å²) in [5, 5.41) is 0. The first-order valence-electron chi connectivity index (χ1n) is 4.75. The van der Waals surface area contributed by atoms with Crippen LogP contribution in [0.15, 0.2) is 11.1 Å². The van der Waals surface area contributed by atoms with Gasteiger partial charge in [-0.25, -0.2) is 9.59 Å². The summed E-state index contributed by atoms with van der Waals surface area (Å²) in [7, 11) is 2.58. The maximum absolute atomic E-state index is 11.5. The van der Waals surface area contributed by atoms with Gasteiger partial charge in [0.05, 0.1) is 37.6 Å². The van der Waals surface area contributed by atoms with E-state index in [9.17, 15) is 9.59 Å². The molecule has 1 fully saturated rings. The van der Waals surface area contributed by atoms with E-state index in [1.165, 1.54) is 14.2 Å². The van der Waals surface area contributed by atoms with E-state index in [1.54, 1.807) is 0 Å². The fourth-order valence-electron chi connectivity index (χ4n) is 2.11. The van der Waals surface area contributed by atoms with E-state index in [2.05, 4.69) is 9.47 Å². The van der Waals surface area contributed by atoms with Crippen molar-refractivity contribution in [1.29, 1.82) is 0 Å². The van der Waals surface area contributed by atoms with Crippen LogP contribution in [0, 0.1) is 0 Å². The van der Waals surface area contributed by atoms with Crippen molar-refractivity contribution in [1.82, 2.24) is 0 Å². The summed E-state index contributed by atoms with van der Waals surface area (Å²) in [5.41, 5.74) is 0.668. The predicted molar refractivity (Wildman–Crippen MR) is 49.0 cm³/mol. The standard InChI is InChI=1S/C10H12O5/c1-13-9(11)7-5-3-4-6(15-5)8(7)10(12)14-2/h5-6H,3-4H2,1-2H3/t5-,6-/m1/s1. The summed E-state index contributed by atoms with van der Waals surface area (Å²) in [6.45, 7) is 0. The Balaban J connectivity index is 2.39. The second-order valence-electron chi connectivity index (χ2n) is 3.50.